The fraction of sp³-hybridized carbons (Fsp3) is 0. The summed E-state index contributed by atoms with van der Waals surface area (Å²) in [5.41, 5.74) is 0. The summed E-state index contributed by atoms with van der Waals surface area (Å²) in [6.07, 6.45) is 0. The summed E-state index contributed by atoms with van der Waals surface area (Å²) in [6, 6.07) is 12.2. The minimum absolute atomic E-state index is 0.317. The van der Waals surface area contributed by atoms with Crippen molar-refractivity contribution >= 4 is 0 Å². The van der Waals surface area contributed by atoms with Crippen LogP contribution in [0.4, 0.5) is 8.78 Å². The largest absolute Gasteiger partial charge is 0.457 e. The van der Waals surface area contributed by atoms with E-state index >= 15 is 0 Å². The molecule has 1 nitrogen and oxygen atoms in total. The van der Waals surface area contributed by atoms with Crippen LogP contribution in [0.1, 0.15) is 0 Å². The first kappa shape index (κ1) is 9.65. The topological polar surface area (TPSA) is 9.23 Å². The van der Waals surface area contributed by atoms with Crippen molar-refractivity contribution in [3.63, 3.8) is 0 Å². The highest BCUT2D eigenvalue weighted by atomic mass is 19.1. The zero-order valence-electron chi connectivity index (χ0n) is 7.71. The molecule has 0 saturated heterocycles. The molecule has 0 unspecified atom stereocenters. The van der Waals surface area contributed by atoms with Gasteiger partial charge < -0.3 is 4.74 Å². The fourth-order valence-corrected chi connectivity index (χ4v) is 1.15. The van der Waals surface area contributed by atoms with E-state index in [2.05, 4.69) is 6.07 Å². The molecule has 0 amide bonds. The average molecular weight is 205 g/mol. The minimum Gasteiger partial charge on any atom is -0.457 e. The zero-order valence-corrected chi connectivity index (χ0v) is 7.71. The second kappa shape index (κ2) is 4.09. The van der Waals surface area contributed by atoms with Gasteiger partial charge in [0.1, 0.15) is 23.1 Å². The van der Waals surface area contributed by atoms with Crippen LogP contribution in [0.3, 0.4) is 0 Å². The highest BCUT2D eigenvalue weighted by Gasteiger charge is 1.99. The molecule has 0 spiro atoms. The van der Waals surface area contributed by atoms with Crippen molar-refractivity contribution in [1.82, 2.24) is 0 Å². The van der Waals surface area contributed by atoms with E-state index < -0.39 is 11.6 Å². The molecule has 0 aliphatic heterocycles. The van der Waals surface area contributed by atoms with E-state index in [1.165, 1.54) is 30.3 Å². The number of ether oxygens (including phenoxy) is 1. The summed E-state index contributed by atoms with van der Waals surface area (Å²) in [4.78, 5) is 0. The number of benzene rings is 2. The number of hydrogen-bond acceptors (Lipinski definition) is 1. The van der Waals surface area contributed by atoms with Crippen LogP contribution < -0.4 is 4.74 Å². The van der Waals surface area contributed by atoms with Crippen LogP contribution >= 0.6 is 0 Å². The Labute approximate surface area is 85.9 Å². The Kier molecular flexibility index (Phi) is 2.63. The molecule has 3 heteroatoms. The van der Waals surface area contributed by atoms with Crippen LogP contribution in [0, 0.1) is 17.7 Å². The molecule has 2 aromatic carbocycles. The van der Waals surface area contributed by atoms with Gasteiger partial charge in [0.15, 0.2) is 0 Å². The summed E-state index contributed by atoms with van der Waals surface area (Å²) in [5, 5.41) is 0. The van der Waals surface area contributed by atoms with Crippen LogP contribution in [-0.2, 0) is 0 Å². The van der Waals surface area contributed by atoms with Gasteiger partial charge in [-0.25, -0.2) is 8.78 Å². The molecular formula is C12H7F2O. The smallest absolute Gasteiger partial charge is 0.134 e. The van der Waals surface area contributed by atoms with Gasteiger partial charge in [-0.1, -0.05) is 6.07 Å². The van der Waals surface area contributed by atoms with E-state index in [0.29, 0.717) is 11.5 Å². The average Bonchev–Trinajstić information content (AvgIpc) is 2.17. The lowest BCUT2D eigenvalue weighted by Crippen LogP contribution is -1.85. The van der Waals surface area contributed by atoms with Gasteiger partial charge in [-0.3, -0.25) is 0 Å². The standard InChI is InChI=1S/C12H7F2O/c13-9-3-1-5-11(7-9)15-12-6-2-4-10(14)8-12/h1-3,5-8H. The maximum Gasteiger partial charge on any atom is 0.134 e. The third-order valence-corrected chi connectivity index (χ3v) is 1.77. The molecule has 0 aliphatic rings. The molecular weight excluding hydrogens is 198 g/mol. The lowest BCUT2D eigenvalue weighted by atomic mass is 10.3. The summed E-state index contributed by atoms with van der Waals surface area (Å²) in [5.74, 6) is -0.253. The van der Waals surface area contributed by atoms with Crippen molar-refractivity contribution in [2.24, 2.45) is 0 Å². The maximum atomic E-state index is 12.8. The monoisotopic (exact) mass is 205 g/mol. The Morgan fingerprint density at radius 3 is 2.53 bits per heavy atom. The molecule has 0 heterocycles. The van der Waals surface area contributed by atoms with E-state index in [0.717, 1.165) is 0 Å². The highest BCUT2D eigenvalue weighted by Crippen LogP contribution is 2.21. The van der Waals surface area contributed by atoms with Crippen molar-refractivity contribution in [2.45, 2.75) is 0 Å². The van der Waals surface area contributed by atoms with Crippen LogP contribution in [0.2, 0.25) is 0 Å². The van der Waals surface area contributed by atoms with Gasteiger partial charge in [-0.15, -0.1) is 0 Å². The van der Waals surface area contributed by atoms with Gasteiger partial charge in [0, 0.05) is 18.2 Å². The zero-order chi connectivity index (χ0) is 10.7. The van der Waals surface area contributed by atoms with Crippen molar-refractivity contribution in [1.29, 1.82) is 0 Å². The van der Waals surface area contributed by atoms with Gasteiger partial charge in [-0.2, -0.15) is 0 Å². The number of hydrogen-bond donors (Lipinski definition) is 0. The first-order valence-corrected chi connectivity index (χ1v) is 4.35. The van der Waals surface area contributed by atoms with Gasteiger partial charge in [0.2, 0.25) is 0 Å². The van der Waals surface area contributed by atoms with E-state index in [4.69, 9.17) is 4.74 Å². The molecule has 2 rings (SSSR count). The normalized spacial score (nSPS) is 10.0. The molecule has 2 aromatic rings. The molecule has 0 fully saturated rings. The number of halogens is 2. The second-order valence-corrected chi connectivity index (χ2v) is 2.93. The molecule has 0 N–H and O–H groups in total. The van der Waals surface area contributed by atoms with Gasteiger partial charge >= 0.3 is 0 Å². The van der Waals surface area contributed by atoms with Crippen LogP contribution in [0.5, 0.6) is 11.5 Å². The fourth-order valence-electron chi connectivity index (χ4n) is 1.15. The van der Waals surface area contributed by atoms with E-state index in [1.807, 2.05) is 0 Å². The van der Waals surface area contributed by atoms with Crippen molar-refractivity contribution in [3.05, 3.63) is 60.2 Å². The summed E-state index contributed by atoms with van der Waals surface area (Å²) in [7, 11) is 0. The van der Waals surface area contributed by atoms with E-state index in [9.17, 15) is 8.78 Å². The lowest BCUT2D eigenvalue weighted by molar-refractivity contribution is 0.471. The Bertz CT molecular complexity index is 425. The Morgan fingerprint density at radius 1 is 1.00 bits per heavy atom. The van der Waals surface area contributed by atoms with Gasteiger partial charge in [-0.05, 0) is 24.3 Å². The summed E-state index contributed by atoms with van der Waals surface area (Å²) in [6.45, 7) is 0. The van der Waals surface area contributed by atoms with Crippen LogP contribution in [0.25, 0.3) is 0 Å². The summed E-state index contributed by atoms with van der Waals surface area (Å²) >= 11 is 0. The van der Waals surface area contributed by atoms with Gasteiger partial charge in [0.05, 0.1) is 0 Å². The Balaban J connectivity index is 2.22. The molecule has 0 atom stereocenters. The van der Waals surface area contributed by atoms with Crippen molar-refractivity contribution in [3.8, 4) is 11.5 Å². The quantitative estimate of drug-likeness (QED) is 0.728. The maximum absolute atomic E-state index is 12.8. The predicted molar refractivity (Wildman–Crippen MR) is 51.7 cm³/mol. The molecule has 75 valence electrons. The summed E-state index contributed by atoms with van der Waals surface area (Å²) < 4.78 is 30.8. The van der Waals surface area contributed by atoms with Crippen LogP contribution in [0.15, 0.2) is 42.5 Å². The van der Waals surface area contributed by atoms with E-state index in [1.54, 1.807) is 12.1 Å². The molecule has 15 heavy (non-hydrogen) atoms. The first-order valence-electron chi connectivity index (χ1n) is 4.35. The minimum atomic E-state index is -0.510. The molecule has 0 bridgehead atoms. The molecule has 0 aliphatic carbocycles. The second-order valence-electron chi connectivity index (χ2n) is 2.93. The predicted octanol–water partition coefficient (Wildman–Crippen LogP) is 3.56. The van der Waals surface area contributed by atoms with Crippen molar-refractivity contribution in [2.75, 3.05) is 0 Å². The third kappa shape index (κ3) is 2.53. The lowest BCUT2D eigenvalue weighted by Gasteiger charge is -2.04. The first-order chi connectivity index (χ1) is 7.24. The Morgan fingerprint density at radius 2 is 1.80 bits per heavy atom. The molecule has 1 radical (unpaired) electrons. The highest BCUT2D eigenvalue weighted by molar-refractivity contribution is 5.31. The SMILES string of the molecule is Fc1[c]ccc(Oc2cccc(F)c2)c1. The van der Waals surface area contributed by atoms with Gasteiger partial charge in [0.25, 0.3) is 0 Å². The van der Waals surface area contributed by atoms with Crippen molar-refractivity contribution < 1.29 is 13.5 Å². The number of rotatable bonds is 2. The van der Waals surface area contributed by atoms with E-state index in [-0.39, 0.29) is 0 Å². The molecule has 0 aromatic heterocycles. The van der Waals surface area contributed by atoms with Crippen LogP contribution in [-0.4, -0.2) is 0 Å². The third-order valence-electron chi connectivity index (χ3n) is 1.77. The molecule has 0 saturated carbocycles. The Hall–Kier alpha value is -1.90.